The molecular weight excluding hydrogens is 237 g/mol. The first-order chi connectivity index (χ1) is 7.66. The third-order valence-electron chi connectivity index (χ3n) is 2.35. The Labute approximate surface area is 99.3 Å². The maximum absolute atomic E-state index is 11.7. The SMILES string of the molecule is COC(C)(C)CCC(=O)CCOCC(F)(F)F. The van der Waals surface area contributed by atoms with E-state index in [4.69, 9.17) is 4.74 Å². The zero-order valence-electron chi connectivity index (χ0n) is 10.4. The second-order valence-electron chi connectivity index (χ2n) is 4.42. The lowest BCUT2D eigenvalue weighted by Crippen LogP contribution is -2.24. The van der Waals surface area contributed by atoms with Crippen LogP contribution in [-0.2, 0) is 14.3 Å². The van der Waals surface area contributed by atoms with Crippen LogP contribution in [0.15, 0.2) is 0 Å². The van der Waals surface area contributed by atoms with Gasteiger partial charge in [-0.25, -0.2) is 0 Å². The molecule has 17 heavy (non-hydrogen) atoms. The lowest BCUT2D eigenvalue weighted by molar-refractivity contribution is -0.174. The van der Waals surface area contributed by atoms with Crippen molar-refractivity contribution >= 4 is 5.78 Å². The van der Waals surface area contributed by atoms with Crippen LogP contribution in [0.2, 0.25) is 0 Å². The Kier molecular flexibility index (Phi) is 6.70. The Balaban J connectivity index is 3.61. The molecule has 0 radical (unpaired) electrons. The highest BCUT2D eigenvalue weighted by atomic mass is 19.4. The lowest BCUT2D eigenvalue weighted by Gasteiger charge is -2.22. The van der Waals surface area contributed by atoms with Crippen molar-refractivity contribution in [3.05, 3.63) is 0 Å². The van der Waals surface area contributed by atoms with Crippen molar-refractivity contribution in [2.45, 2.75) is 44.9 Å². The van der Waals surface area contributed by atoms with Gasteiger partial charge in [0.25, 0.3) is 0 Å². The summed E-state index contributed by atoms with van der Waals surface area (Å²) in [6.07, 6.45) is -3.49. The summed E-state index contributed by atoms with van der Waals surface area (Å²) in [5, 5.41) is 0. The third-order valence-corrected chi connectivity index (χ3v) is 2.35. The highest BCUT2D eigenvalue weighted by Crippen LogP contribution is 2.17. The Morgan fingerprint density at radius 3 is 2.24 bits per heavy atom. The lowest BCUT2D eigenvalue weighted by atomic mass is 10.00. The molecule has 0 aromatic rings. The van der Waals surface area contributed by atoms with E-state index in [0.717, 1.165) is 0 Å². The largest absolute Gasteiger partial charge is 0.411 e. The molecule has 0 rings (SSSR count). The zero-order valence-corrected chi connectivity index (χ0v) is 10.4. The van der Waals surface area contributed by atoms with Crippen molar-refractivity contribution in [1.29, 1.82) is 0 Å². The Bertz CT molecular complexity index is 237. The standard InChI is InChI=1S/C11H19F3O3/c1-10(2,16-3)6-4-9(15)5-7-17-8-11(12,13)14/h4-8H2,1-3H3. The van der Waals surface area contributed by atoms with Crippen LogP contribution in [0.3, 0.4) is 0 Å². The predicted octanol–water partition coefficient (Wildman–Crippen LogP) is 2.73. The number of ether oxygens (including phenoxy) is 2. The third kappa shape index (κ3) is 10.3. The maximum atomic E-state index is 11.7. The molecule has 0 spiro atoms. The number of carbonyl (C=O) groups excluding carboxylic acids is 1. The molecule has 0 unspecified atom stereocenters. The molecule has 0 aromatic carbocycles. The molecule has 0 aliphatic heterocycles. The molecule has 102 valence electrons. The first-order valence-electron chi connectivity index (χ1n) is 5.38. The van der Waals surface area contributed by atoms with Crippen molar-refractivity contribution in [3.8, 4) is 0 Å². The normalized spacial score (nSPS) is 12.8. The van der Waals surface area contributed by atoms with Gasteiger partial charge in [-0.2, -0.15) is 13.2 Å². The van der Waals surface area contributed by atoms with Crippen LogP contribution in [-0.4, -0.2) is 37.9 Å². The van der Waals surface area contributed by atoms with E-state index in [1.165, 1.54) is 0 Å². The zero-order chi connectivity index (χ0) is 13.5. The molecule has 3 nitrogen and oxygen atoms in total. The minimum atomic E-state index is -4.33. The molecule has 0 aromatic heterocycles. The van der Waals surface area contributed by atoms with Gasteiger partial charge in [0, 0.05) is 20.0 Å². The average molecular weight is 256 g/mol. The van der Waals surface area contributed by atoms with E-state index in [0.29, 0.717) is 6.42 Å². The number of Topliss-reactive ketones (excluding diaryl/α,β-unsaturated/α-hetero) is 1. The van der Waals surface area contributed by atoms with Crippen LogP contribution in [0.5, 0.6) is 0 Å². The van der Waals surface area contributed by atoms with Crippen molar-refractivity contribution in [2.75, 3.05) is 20.3 Å². The van der Waals surface area contributed by atoms with Gasteiger partial charge in [-0.05, 0) is 20.3 Å². The molecule has 0 bridgehead atoms. The Hall–Kier alpha value is -0.620. The van der Waals surface area contributed by atoms with E-state index in [-0.39, 0.29) is 30.8 Å². The topological polar surface area (TPSA) is 35.5 Å². The van der Waals surface area contributed by atoms with Crippen molar-refractivity contribution in [1.82, 2.24) is 0 Å². The Morgan fingerprint density at radius 1 is 1.18 bits per heavy atom. The fourth-order valence-corrected chi connectivity index (χ4v) is 1.04. The molecule has 0 saturated heterocycles. The van der Waals surface area contributed by atoms with E-state index in [9.17, 15) is 18.0 Å². The molecule has 0 saturated carbocycles. The average Bonchev–Trinajstić information content (AvgIpc) is 2.20. The number of hydrogen-bond acceptors (Lipinski definition) is 3. The second kappa shape index (κ2) is 6.96. The van der Waals surface area contributed by atoms with Gasteiger partial charge < -0.3 is 9.47 Å². The fraction of sp³-hybridized carbons (Fsp3) is 0.909. The van der Waals surface area contributed by atoms with E-state index in [1.54, 1.807) is 7.11 Å². The van der Waals surface area contributed by atoms with Gasteiger partial charge in [-0.1, -0.05) is 0 Å². The van der Waals surface area contributed by atoms with Gasteiger partial charge in [0.2, 0.25) is 0 Å². The van der Waals surface area contributed by atoms with Gasteiger partial charge in [-0.15, -0.1) is 0 Å². The number of methoxy groups -OCH3 is 1. The van der Waals surface area contributed by atoms with Crippen LogP contribution in [0, 0.1) is 0 Å². The van der Waals surface area contributed by atoms with E-state index in [1.807, 2.05) is 13.8 Å². The minimum absolute atomic E-state index is 0.00980. The van der Waals surface area contributed by atoms with E-state index >= 15 is 0 Å². The molecule has 0 amide bonds. The molecular formula is C11H19F3O3. The van der Waals surface area contributed by atoms with Gasteiger partial charge in [0.05, 0.1) is 12.2 Å². The second-order valence-corrected chi connectivity index (χ2v) is 4.42. The smallest absolute Gasteiger partial charge is 0.379 e. The highest BCUT2D eigenvalue weighted by molar-refractivity contribution is 5.78. The number of alkyl halides is 3. The summed E-state index contributed by atoms with van der Waals surface area (Å²) in [7, 11) is 1.55. The number of halogens is 3. The molecule has 0 atom stereocenters. The predicted molar refractivity (Wildman–Crippen MR) is 56.8 cm³/mol. The number of hydrogen-bond donors (Lipinski definition) is 0. The molecule has 0 aliphatic carbocycles. The van der Waals surface area contributed by atoms with Crippen LogP contribution >= 0.6 is 0 Å². The van der Waals surface area contributed by atoms with Gasteiger partial charge in [0.15, 0.2) is 0 Å². The first kappa shape index (κ1) is 16.4. The van der Waals surface area contributed by atoms with Gasteiger partial charge in [0.1, 0.15) is 12.4 Å². The summed E-state index contributed by atoms with van der Waals surface area (Å²) in [5.74, 6) is -0.114. The quantitative estimate of drug-likeness (QED) is 0.626. The number of rotatable bonds is 8. The van der Waals surface area contributed by atoms with Crippen molar-refractivity contribution in [3.63, 3.8) is 0 Å². The van der Waals surface area contributed by atoms with Gasteiger partial charge >= 0.3 is 6.18 Å². The summed E-state index contributed by atoms with van der Waals surface area (Å²) < 4.78 is 44.6. The van der Waals surface area contributed by atoms with Crippen LogP contribution in [0.25, 0.3) is 0 Å². The van der Waals surface area contributed by atoms with Gasteiger partial charge in [-0.3, -0.25) is 4.79 Å². The summed E-state index contributed by atoms with van der Waals surface area (Å²) in [5.41, 5.74) is -0.386. The van der Waals surface area contributed by atoms with Crippen molar-refractivity contribution in [2.24, 2.45) is 0 Å². The first-order valence-corrected chi connectivity index (χ1v) is 5.38. The minimum Gasteiger partial charge on any atom is -0.379 e. The summed E-state index contributed by atoms with van der Waals surface area (Å²) in [6, 6.07) is 0. The fourth-order valence-electron chi connectivity index (χ4n) is 1.04. The molecule has 0 N–H and O–H groups in total. The van der Waals surface area contributed by atoms with E-state index < -0.39 is 12.8 Å². The Morgan fingerprint density at radius 2 is 1.76 bits per heavy atom. The molecule has 0 fully saturated rings. The number of ketones is 1. The van der Waals surface area contributed by atoms with Crippen LogP contribution in [0.1, 0.15) is 33.1 Å². The van der Waals surface area contributed by atoms with Crippen LogP contribution in [0.4, 0.5) is 13.2 Å². The summed E-state index contributed by atoms with van der Waals surface area (Å²) >= 11 is 0. The van der Waals surface area contributed by atoms with E-state index in [2.05, 4.69) is 4.74 Å². The molecule has 6 heteroatoms. The van der Waals surface area contributed by atoms with Crippen LogP contribution < -0.4 is 0 Å². The number of carbonyl (C=O) groups is 1. The summed E-state index contributed by atoms with van der Waals surface area (Å²) in [4.78, 5) is 11.3. The maximum Gasteiger partial charge on any atom is 0.411 e. The monoisotopic (exact) mass is 256 g/mol. The molecule has 0 aliphatic rings. The molecule has 0 heterocycles. The highest BCUT2D eigenvalue weighted by Gasteiger charge is 2.27. The van der Waals surface area contributed by atoms with Crippen molar-refractivity contribution < 1.29 is 27.4 Å². The summed E-state index contributed by atoms with van der Waals surface area (Å²) in [6.45, 7) is 2.20.